The van der Waals surface area contributed by atoms with Crippen molar-refractivity contribution in [2.75, 3.05) is 46.9 Å². The van der Waals surface area contributed by atoms with Crippen molar-refractivity contribution in [2.45, 2.75) is 59.7 Å². The number of hydrazine groups is 1. The second kappa shape index (κ2) is 11.4. The summed E-state index contributed by atoms with van der Waals surface area (Å²) < 4.78 is 5.79. The van der Waals surface area contributed by atoms with Gasteiger partial charge in [-0.25, -0.2) is 10.4 Å². The Balaban J connectivity index is 1.17. The number of methoxy groups -OCH3 is 1. The van der Waals surface area contributed by atoms with Crippen LogP contribution in [0.1, 0.15) is 19.8 Å². The van der Waals surface area contributed by atoms with Crippen LogP contribution in [0.2, 0.25) is 0 Å². The maximum Gasteiger partial charge on any atom is 0.230 e. The fourth-order valence-corrected chi connectivity index (χ4v) is 8.68. The minimum absolute atomic E-state index is 0.0508. The van der Waals surface area contributed by atoms with E-state index in [2.05, 4.69) is 33.6 Å². The Labute approximate surface area is 227 Å². The van der Waals surface area contributed by atoms with Crippen molar-refractivity contribution in [3.05, 3.63) is 0 Å². The Morgan fingerprint density at radius 1 is 1.06 bits per heavy atom. The first-order valence-corrected chi connectivity index (χ1v) is 14.8. The van der Waals surface area contributed by atoms with Gasteiger partial charge in [-0.15, -0.1) is 35.0 Å². The highest BCUT2D eigenvalue weighted by Crippen LogP contribution is 2.38. The van der Waals surface area contributed by atoms with Crippen molar-refractivity contribution in [3.63, 3.8) is 0 Å². The third-order valence-corrected chi connectivity index (χ3v) is 10.6. The quantitative estimate of drug-likeness (QED) is 0.228. The molecule has 0 aromatic heterocycles. The lowest BCUT2D eigenvalue weighted by atomic mass is 9.70. The number of thioether (sulfide) groups is 1. The lowest BCUT2D eigenvalue weighted by Crippen LogP contribution is -2.57. The van der Waals surface area contributed by atoms with Crippen LogP contribution in [0.3, 0.4) is 0 Å². The second-order valence-corrected chi connectivity index (χ2v) is 13.3. The molecule has 11 unspecified atom stereocenters. The summed E-state index contributed by atoms with van der Waals surface area (Å²) in [6.45, 7) is 5.46. The van der Waals surface area contributed by atoms with Gasteiger partial charge in [0, 0.05) is 64.2 Å². The molecule has 0 bridgehead atoms. The SMILES string of the molecule is COC1CNC(Cl)CC1C1CC(C)NCC1C(=O)NC1NC2CN(C(=O)C3CN(C)NC3Cl)CC2S1. The van der Waals surface area contributed by atoms with Gasteiger partial charge in [0.25, 0.3) is 0 Å². The van der Waals surface area contributed by atoms with Crippen molar-refractivity contribution in [1.29, 1.82) is 0 Å². The van der Waals surface area contributed by atoms with Crippen LogP contribution < -0.4 is 26.7 Å². The molecule has 0 radical (unpaired) electrons. The molecular weight excluding hydrogens is 525 g/mol. The highest BCUT2D eigenvalue weighted by atomic mass is 35.5. The molecule has 5 saturated heterocycles. The molecule has 11 atom stereocenters. The van der Waals surface area contributed by atoms with Crippen LogP contribution in [0.5, 0.6) is 0 Å². The van der Waals surface area contributed by atoms with Crippen LogP contribution in [0.25, 0.3) is 0 Å². The fraction of sp³-hybridized carbons (Fsp3) is 0.913. The van der Waals surface area contributed by atoms with Crippen LogP contribution in [-0.4, -0.2) is 109 Å². The second-order valence-electron chi connectivity index (χ2n) is 11.0. The van der Waals surface area contributed by atoms with E-state index in [-0.39, 0.29) is 69.4 Å². The molecular formula is C23H39Cl2N7O3S. The van der Waals surface area contributed by atoms with Crippen LogP contribution >= 0.6 is 35.0 Å². The molecule has 5 fully saturated rings. The van der Waals surface area contributed by atoms with Gasteiger partial charge in [-0.3, -0.25) is 20.2 Å². The number of carbonyl (C=O) groups is 2. The number of hydrogen-bond acceptors (Lipinski definition) is 9. The summed E-state index contributed by atoms with van der Waals surface area (Å²) in [5, 5.41) is 15.7. The molecule has 5 aliphatic rings. The highest BCUT2D eigenvalue weighted by Gasteiger charge is 2.48. The van der Waals surface area contributed by atoms with E-state index in [1.807, 2.05) is 17.0 Å². The van der Waals surface area contributed by atoms with E-state index in [1.54, 1.807) is 18.9 Å². The molecule has 5 N–H and O–H groups in total. The topological polar surface area (TPSA) is 110 Å². The summed E-state index contributed by atoms with van der Waals surface area (Å²) in [6.07, 6.45) is 1.77. The molecule has 36 heavy (non-hydrogen) atoms. The highest BCUT2D eigenvalue weighted by molar-refractivity contribution is 8.00. The summed E-state index contributed by atoms with van der Waals surface area (Å²) in [7, 11) is 3.64. The number of hydrogen-bond donors (Lipinski definition) is 5. The molecule has 0 aromatic carbocycles. The Hall–Kier alpha value is -0.370. The largest absolute Gasteiger partial charge is 0.380 e. The van der Waals surface area contributed by atoms with E-state index < -0.39 is 0 Å². The molecule has 2 amide bonds. The zero-order valence-corrected chi connectivity index (χ0v) is 23.4. The number of piperidine rings is 2. The van der Waals surface area contributed by atoms with E-state index in [9.17, 15) is 9.59 Å². The van der Waals surface area contributed by atoms with E-state index in [4.69, 9.17) is 27.9 Å². The number of alkyl halides is 2. The Morgan fingerprint density at radius 3 is 2.56 bits per heavy atom. The van der Waals surface area contributed by atoms with Crippen LogP contribution in [-0.2, 0) is 14.3 Å². The lowest BCUT2D eigenvalue weighted by Gasteiger charge is -2.45. The Morgan fingerprint density at radius 2 is 1.86 bits per heavy atom. The van der Waals surface area contributed by atoms with Crippen molar-refractivity contribution in [3.8, 4) is 0 Å². The van der Waals surface area contributed by atoms with E-state index in [0.29, 0.717) is 38.8 Å². The van der Waals surface area contributed by atoms with Gasteiger partial charge < -0.3 is 20.3 Å². The van der Waals surface area contributed by atoms with Crippen LogP contribution in [0, 0.1) is 23.7 Å². The fourth-order valence-electron chi connectivity index (χ4n) is 6.62. The van der Waals surface area contributed by atoms with Crippen molar-refractivity contribution in [1.82, 2.24) is 36.6 Å². The Bertz CT molecular complexity index is 817. The van der Waals surface area contributed by atoms with E-state index in [0.717, 1.165) is 12.8 Å². The molecule has 5 aliphatic heterocycles. The molecule has 0 aromatic rings. The van der Waals surface area contributed by atoms with Crippen molar-refractivity contribution in [2.24, 2.45) is 23.7 Å². The zero-order valence-electron chi connectivity index (χ0n) is 21.1. The summed E-state index contributed by atoms with van der Waals surface area (Å²) in [5.74, 6) is 0.225. The van der Waals surface area contributed by atoms with Crippen LogP contribution in [0.15, 0.2) is 0 Å². The summed E-state index contributed by atoms with van der Waals surface area (Å²) in [4.78, 5) is 28.5. The zero-order chi connectivity index (χ0) is 25.6. The number of fused-ring (bicyclic) bond motifs is 1. The molecule has 0 saturated carbocycles. The van der Waals surface area contributed by atoms with Gasteiger partial charge in [0.2, 0.25) is 11.8 Å². The normalized spacial score (nSPS) is 45.6. The third kappa shape index (κ3) is 5.65. The van der Waals surface area contributed by atoms with E-state index in [1.165, 1.54) is 0 Å². The average molecular weight is 565 g/mol. The molecule has 5 rings (SSSR count). The van der Waals surface area contributed by atoms with E-state index >= 15 is 0 Å². The number of nitrogens with zero attached hydrogens (tertiary/aromatic N) is 2. The molecule has 5 heterocycles. The van der Waals surface area contributed by atoms with Gasteiger partial charge in [-0.2, -0.15) is 0 Å². The van der Waals surface area contributed by atoms with Crippen molar-refractivity contribution < 1.29 is 14.3 Å². The first-order chi connectivity index (χ1) is 17.2. The lowest BCUT2D eigenvalue weighted by molar-refractivity contribution is -0.134. The van der Waals surface area contributed by atoms with Gasteiger partial charge in [0.1, 0.15) is 11.0 Å². The number of carbonyl (C=O) groups excluding carboxylic acids is 2. The summed E-state index contributed by atoms with van der Waals surface area (Å²) >= 11 is 14.5. The minimum atomic E-state index is -0.373. The number of halogens is 2. The van der Waals surface area contributed by atoms with Gasteiger partial charge >= 0.3 is 0 Å². The monoisotopic (exact) mass is 563 g/mol. The number of ether oxygens (including phenoxy) is 1. The molecule has 0 aliphatic carbocycles. The maximum absolute atomic E-state index is 13.5. The van der Waals surface area contributed by atoms with Gasteiger partial charge in [0.15, 0.2) is 0 Å². The number of amides is 2. The predicted molar refractivity (Wildman–Crippen MR) is 141 cm³/mol. The summed E-state index contributed by atoms with van der Waals surface area (Å²) in [6, 6.07) is 0.509. The first kappa shape index (κ1) is 27.2. The van der Waals surface area contributed by atoms with Gasteiger partial charge in [-0.1, -0.05) is 0 Å². The minimum Gasteiger partial charge on any atom is -0.380 e. The molecule has 204 valence electrons. The molecule has 0 spiro atoms. The smallest absolute Gasteiger partial charge is 0.230 e. The predicted octanol–water partition coefficient (Wildman–Crippen LogP) is -0.263. The third-order valence-electron chi connectivity index (χ3n) is 8.53. The first-order valence-electron chi connectivity index (χ1n) is 13.0. The molecule has 10 nitrogen and oxygen atoms in total. The van der Waals surface area contributed by atoms with Gasteiger partial charge in [-0.05, 0) is 31.6 Å². The number of likely N-dealkylation sites (tertiary alicyclic amines) is 1. The summed E-state index contributed by atoms with van der Waals surface area (Å²) in [5.41, 5.74) is 2.45. The number of rotatable bonds is 5. The van der Waals surface area contributed by atoms with Crippen LogP contribution in [0.4, 0.5) is 0 Å². The molecule has 13 heteroatoms. The maximum atomic E-state index is 13.5. The Kier molecular flexibility index (Phi) is 8.61. The average Bonchev–Trinajstić information content (AvgIpc) is 3.50. The number of nitrogens with one attached hydrogen (secondary N) is 5. The van der Waals surface area contributed by atoms with Crippen molar-refractivity contribution >= 4 is 46.8 Å². The van der Waals surface area contributed by atoms with Gasteiger partial charge in [0.05, 0.1) is 23.4 Å². The standard InChI is InChI=1S/C23H39Cl2N7O3S/c1-11-4-12(13-5-19(24)27-7-17(13)35-3)14(6-26-11)21(33)29-23-28-16-9-32(10-18(16)36-23)22(34)15-8-31(2)30-20(15)25/h11-20,23,26-28,30H,4-10H2,1-3H3,(H,29,33).